The van der Waals surface area contributed by atoms with Gasteiger partial charge in [-0.05, 0) is 6.92 Å². The highest BCUT2D eigenvalue weighted by atomic mass is 32.1. The summed E-state index contributed by atoms with van der Waals surface area (Å²) in [6.45, 7) is 3.64. The van der Waals surface area contributed by atoms with Crippen LogP contribution in [0.4, 0.5) is 10.9 Å². The van der Waals surface area contributed by atoms with E-state index in [0.29, 0.717) is 24.6 Å². The molecule has 102 valence electrons. The molecule has 0 saturated carbocycles. The number of carbonyl (C=O) groups is 1. The zero-order valence-corrected chi connectivity index (χ0v) is 12.1. The van der Waals surface area contributed by atoms with E-state index >= 15 is 0 Å². The van der Waals surface area contributed by atoms with Gasteiger partial charge in [0.1, 0.15) is 10.7 Å². The average Bonchev–Trinajstić information content (AvgIpc) is 2.70. The molecule has 0 unspecified atom stereocenters. The Balaban J connectivity index is 2.71. The molecular formula is C11H20N4O2S. The summed E-state index contributed by atoms with van der Waals surface area (Å²) in [5, 5.41) is 0.731. The first-order valence-electron chi connectivity index (χ1n) is 5.74. The summed E-state index contributed by atoms with van der Waals surface area (Å²) in [4.78, 5) is 20.2. The standard InChI is InChI=1S/C11H20N4O2S/c1-5-17-7-6-15(4)10(16)8-9(12)13-11(18-8)14(2)3/h5-7,12H2,1-4H3. The summed E-state index contributed by atoms with van der Waals surface area (Å²) < 4.78 is 5.22. The van der Waals surface area contributed by atoms with Gasteiger partial charge in [0.25, 0.3) is 5.91 Å². The molecule has 0 saturated heterocycles. The van der Waals surface area contributed by atoms with E-state index in [9.17, 15) is 4.79 Å². The van der Waals surface area contributed by atoms with E-state index in [1.54, 1.807) is 11.9 Å². The predicted molar refractivity (Wildman–Crippen MR) is 74.3 cm³/mol. The molecule has 1 aromatic rings. The molecule has 1 rings (SSSR count). The van der Waals surface area contributed by atoms with Crippen molar-refractivity contribution >= 4 is 28.2 Å². The summed E-state index contributed by atoms with van der Waals surface area (Å²) in [6.07, 6.45) is 0. The fourth-order valence-electron chi connectivity index (χ4n) is 1.29. The maximum atomic E-state index is 12.1. The molecule has 0 aliphatic heterocycles. The number of rotatable bonds is 6. The minimum absolute atomic E-state index is 0.113. The molecule has 1 aromatic heterocycles. The van der Waals surface area contributed by atoms with Gasteiger partial charge in [-0.25, -0.2) is 4.98 Å². The first kappa shape index (κ1) is 14.7. The second-order valence-electron chi connectivity index (χ2n) is 4.03. The number of hydrogen-bond acceptors (Lipinski definition) is 6. The lowest BCUT2D eigenvalue weighted by atomic mass is 10.4. The van der Waals surface area contributed by atoms with Crippen LogP contribution < -0.4 is 10.6 Å². The average molecular weight is 272 g/mol. The molecule has 7 heteroatoms. The third-order valence-electron chi connectivity index (χ3n) is 2.34. The van der Waals surface area contributed by atoms with Gasteiger partial charge in [-0.2, -0.15) is 0 Å². The van der Waals surface area contributed by atoms with E-state index < -0.39 is 0 Å². The zero-order chi connectivity index (χ0) is 13.7. The maximum absolute atomic E-state index is 12.1. The Morgan fingerprint density at radius 3 is 2.61 bits per heavy atom. The van der Waals surface area contributed by atoms with Crippen molar-refractivity contribution in [1.82, 2.24) is 9.88 Å². The summed E-state index contributed by atoms with van der Waals surface area (Å²) in [5.41, 5.74) is 5.77. The van der Waals surface area contributed by atoms with Gasteiger partial charge in [0.15, 0.2) is 5.13 Å². The fraction of sp³-hybridized carbons (Fsp3) is 0.636. The quantitative estimate of drug-likeness (QED) is 0.779. The number of amides is 1. The number of carbonyl (C=O) groups excluding carboxylic acids is 1. The van der Waals surface area contributed by atoms with E-state index in [1.807, 2.05) is 25.9 Å². The SMILES string of the molecule is CCOCCN(C)C(=O)c1sc(N(C)C)nc1N. The van der Waals surface area contributed by atoms with Crippen LogP contribution in [0.1, 0.15) is 16.6 Å². The minimum atomic E-state index is -0.113. The summed E-state index contributed by atoms with van der Waals surface area (Å²) in [5.74, 6) is 0.176. The van der Waals surface area contributed by atoms with Crippen molar-refractivity contribution < 1.29 is 9.53 Å². The number of nitrogen functional groups attached to an aromatic ring is 1. The lowest BCUT2D eigenvalue weighted by Gasteiger charge is -2.15. The summed E-state index contributed by atoms with van der Waals surface area (Å²) in [7, 11) is 5.46. The van der Waals surface area contributed by atoms with E-state index in [-0.39, 0.29) is 11.7 Å². The van der Waals surface area contributed by atoms with Crippen molar-refractivity contribution in [3.8, 4) is 0 Å². The molecule has 0 aliphatic carbocycles. The summed E-state index contributed by atoms with van der Waals surface area (Å²) in [6, 6.07) is 0. The molecule has 0 aliphatic rings. The molecule has 1 amide bonds. The van der Waals surface area contributed by atoms with Gasteiger partial charge >= 0.3 is 0 Å². The smallest absolute Gasteiger partial charge is 0.267 e. The maximum Gasteiger partial charge on any atom is 0.267 e. The largest absolute Gasteiger partial charge is 0.382 e. The molecule has 2 N–H and O–H groups in total. The molecule has 0 fully saturated rings. The zero-order valence-electron chi connectivity index (χ0n) is 11.3. The van der Waals surface area contributed by atoms with Crippen LogP contribution in [0.25, 0.3) is 0 Å². The van der Waals surface area contributed by atoms with E-state index in [2.05, 4.69) is 4.98 Å². The van der Waals surface area contributed by atoms with Crippen molar-refractivity contribution in [2.24, 2.45) is 0 Å². The van der Waals surface area contributed by atoms with Crippen LogP contribution in [0, 0.1) is 0 Å². The van der Waals surface area contributed by atoms with Crippen molar-refractivity contribution in [2.45, 2.75) is 6.92 Å². The van der Waals surface area contributed by atoms with Crippen LogP contribution in [0.2, 0.25) is 0 Å². The van der Waals surface area contributed by atoms with Crippen molar-refractivity contribution in [1.29, 1.82) is 0 Å². The van der Waals surface area contributed by atoms with Gasteiger partial charge in [-0.1, -0.05) is 11.3 Å². The van der Waals surface area contributed by atoms with E-state index in [1.165, 1.54) is 11.3 Å². The van der Waals surface area contributed by atoms with Gasteiger partial charge in [0, 0.05) is 34.3 Å². The topological polar surface area (TPSA) is 71.7 Å². The molecule has 0 bridgehead atoms. The molecular weight excluding hydrogens is 252 g/mol. The van der Waals surface area contributed by atoms with Gasteiger partial charge in [-0.3, -0.25) is 4.79 Å². The van der Waals surface area contributed by atoms with Gasteiger partial charge in [-0.15, -0.1) is 0 Å². The molecule has 0 spiro atoms. The van der Waals surface area contributed by atoms with Crippen LogP contribution in [0.5, 0.6) is 0 Å². The fourth-order valence-corrected chi connectivity index (χ4v) is 2.19. The lowest BCUT2D eigenvalue weighted by Crippen LogP contribution is -2.30. The molecule has 0 aromatic carbocycles. The van der Waals surface area contributed by atoms with Gasteiger partial charge in [0.2, 0.25) is 0 Å². The number of thiazole rings is 1. The van der Waals surface area contributed by atoms with Gasteiger partial charge in [0.05, 0.1) is 6.61 Å². The Kier molecular flexibility index (Phi) is 5.36. The number of hydrogen-bond donors (Lipinski definition) is 1. The third-order valence-corrected chi connectivity index (χ3v) is 3.57. The van der Waals surface area contributed by atoms with Crippen LogP contribution in [0.3, 0.4) is 0 Å². The second-order valence-corrected chi connectivity index (χ2v) is 5.01. The molecule has 0 atom stereocenters. The molecule has 1 heterocycles. The third kappa shape index (κ3) is 3.58. The van der Waals surface area contributed by atoms with Crippen LogP contribution in [0.15, 0.2) is 0 Å². The Morgan fingerprint density at radius 2 is 2.11 bits per heavy atom. The Hall–Kier alpha value is -1.34. The van der Waals surface area contributed by atoms with Crippen LogP contribution in [-0.2, 0) is 4.74 Å². The normalized spacial score (nSPS) is 10.4. The summed E-state index contributed by atoms with van der Waals surface area (Å²) >= 11 is 1.30. The molecule has 0 radical (unpaired) electrons. The number of ether oxygens (including phenoxy) is 1. The number of aromatic nitrogens is 1. The first-order chi connectivity index (χ1) is 8.47. The monoisotopic (exact) mass is 272 g/mol. The number of likely N-dealkylation sites (N-methyl/N-ethyl adjacent to an activating group) is 1. The van der Waals surface area contributed by atoms with Gasteiger partial charge < -0.3 is 20.3 Å². The van der Waals surface area contributed by atoms with Crippen molar-refractivity contribution in [3.63, 3.8) is 0 Å². The minimum Gasteiger partial charge on any atom is -0.382 e. The highest BCUT2D eigenvalue weighted by Gasteiger charge is 2.20. The van der Waals surface area contributed by atoms with E-state index in [4.69, 9.17) is 10.5 Å². The number of nitrogens with zero attached hydrogens (tertiary/aromatic N) is 3. The lowest BCUT2D eigenvalue weighted by molar-refractivity contribution is 0.0715. The Bertz CT molecular complexity index is 406. The molecule has 18 heavy (non-hydrogen) atoms. The highest BCUT2D eigenvalue weighted by molar-refractivity contribution is 7.18. The van der Waals surface area contributed by atoms with Crippen LogP contribution >= 0.6 is 11.3 Å². The predicted octanol–water partition coefficient (Wildman–Crippen LogP) is 0.900. The van der Waals surface area contributed by atoms with Crippen molar-refractivity contribution in [3.05, 3.63) is 4.88 Å². The van der Waals surface area contributed by atoms with Crippen LogP contribution in [-0.4, -0.2) is 56.7 Å². The van der Waals surface area contributed by atoms with Crippen molar-refractivity contribution in [2.75, 3.05) is 51.5 Å². The number of nitrogens with two attached hydrogens (primary N) is 1. The Morgan fingerprint density at radius 1 is 1.44 bits per heavy atom. The highest BCUT2D eigenvalue weighted by Crippen LogP contribution is 2.27. The van der Waals surface area contributed by atoms with E-state index in [0.717, 1.165) is 5.13 Å². The first-order valence-corrected chi connectivity index (χ1v) is 6.55. The Labute approximate surface area is 111 Å². The molecule has 6 nitrogen and oxygen atoms in total. The number of anilines is 2. The second kappa shape index (κ2) is 6.55.